The first-order valence-corrected chi connectivity index (χ1v) is 12.4. The quantitative estimate of drug-likeness (QED) is 0.278. The highest BCUT2D eigenvalue weighted by molar-refractivity contribution is 7.22. The van der Waals surface area contributed by atoms with Crippen molar-refractivity contribution in [2.24, 2.45) is 0 Å². The molecular weight excluding hydrogens is 430 g/mol. The summed E-state index contributed by atoms with van der Waals surface area (Å²) in [7, 11) is 1.67. The summed E-state index contributed by atoms with van der Waals surface area (Å²) in [6, 6.07) is 24.6. The molecule has 0 bridgehead atoms. The summed E-state index contributed by atoms with van der Waals surface area (Å²) in [6.07, 6.45) is 3.97. The van der Waals surface area contributed by atoms with Crippen molar-refractivity contribution >= 4 is 21.4 Å². The summed E-state index contributed by atoms with van der Waals surface area (Å²) < 4.78 is 19.0. The Bertz CT molecular complexity index is 1160. The molecule has 5 rings (SSSR count). The van der Waals surface area contributed by atoms with Gasteiger partial charge in [0.2, 0.25) is 0 Å². The number of thiophene rings is 1. The molecule has 0 atom stereocenters. The molecule has 0 unspecified atom stereocenters. The Morgan fingerprint density at radius 3 is 2.39 bits per heavy atom. The maximum atomic E-state index is 6.21. The van der Waals surface area contributed by atoms with Gasteiger partial charge in [0, 0.05) is 16.1 Å². The summed E-state index contributed by atoms with van der Waals surface area (Å²) in [4.78, 5) is 3.69. The number of piperidine rings is 1. The molecule has 4 nitrogen and oxygen atoms in total. The van der Waals surface area contributed by atoms with Crippen molar-refractivity contribution in [3.63, 3.8) is 0 Å². The van der Waals surface area contributed by atoms with Crippen molar-refractivity contribution in [2.75, 3.05) is 33.4 Å². The van der Waals surface area contributed by atoms with Crippen molar-refractivity contribution in [3.05, 3.63) is 72.8 Å². The van der Waals surface area contributed by atoms with Gasteiger partial charge in [0.1, 0.15) is 18.1 Å². The molecule has 3 aromatic carbocycles. The van der Waals surface area contributed by atoms with Crippen LogP contribution in [0.3, 0.4) is 0 Å². The topological polar surface area (TPSA) is 30.9 Å². The van der Waals surface area contributed by atoms with E-state index in [-0.39, 0.29) is 0 Å². The number of benzene rings is 3. The molecule has 33 heavy (non-hydrogen) atoms. The Morgan fingerprint density at radius 1 is 0.818 bits per heavy atom. The second-order valence-corrected chi connectivity index (χ2v) is 9.42. The predicted octanol–water partition coefficient (Wildman–Crippen LogP) is 7.23. The van der Waals surface area contributed by atoms with Gasteiger partial charge in [-0.15, -0.1) is 11.3 Å². The van der Waals surface area contributed by atoms with Crippen LogP contribution >= 0.6 is 11.3 Å². The van der Waals surface area contributed by atoms with Crippen molar-refractivity contribution in [2.45, 2.75) is 19.3 Å². The van der Waals surface area contributed by atoms with Crippen molar-refractivity contribution in [1.82, 2.24) is 4.90 Å². The van der Waals surface area contributed by atoms with Gasteiger partial charge >= 0.3 is 0 Å². The van der Waals surface area contributed by atoms with E-state index in [2.05, 4.69) is 41.3 Å². The average Bonchev–Trinajstić information content (AvgIpc) is 3.30. The molecule has 2 heterocycles. The smallest absolute Gasteiger partial charge is 0.169 e. The fraction of sp³-hybridized carbons (Fsp3) is 0.286. The number of rotatable bonds is 8. The second-order valence-electron chi connectivity index (χ2n) is 8.34. The van der Waals surface area contributed by atoms with Gasteiger partial charge in [-0.1, -0.05) is 24.6 Å². The van der Waals surface area contributed by atoms with Crippen LogP contribution < -0.4 is 14.2 Å². The zero-order valence-electron chi connectivity index (χ0n) is 19.0. The Labute approximate surface area is 199 Å². The van der Waals surface area contributed by atoms with Gasteiger partial charge in [0.15, 0.2) is 11.5 Å². The van der Waals surface area contributed by atoms with E-state index in [0.717, 1.165) is 23.6 Å². The molecule has 0 spiro atoms. The van der Waals surface area contributed by atoms with Crippen LogP contribution in [0.2, 0.25) is 0 Å². The third-order valence-electron chi connectivity index (χ3n) is 6.05. The fourth-order valence-corrected chi connectivity index (χ4v) is 5.30. The van der Waals surface area contributed by atoms with Gasteiger partial charge in [-0.2, -0.15) is 0 Å². The van der Waals surface area contributed by atoms with Crippen LogP contribution in [0.15, 0.2) is 72.8 Å². The van der Waals surface area contributed by atoms with E-state index < -0.39 is 0 Å². The number of hydrogen-bond acceptors (Lipinski definition) is 5. The molecule has 4 aromatic rings. The van der Waals surface area contributed by atoms with Gasteiger partial charge < -0.3 is 14.2 Å². The number of methoxy groups -OCH3 is 1. The van der Waals surface area contributed by atoms with Crippen molar-refractivity contribution < 1.29 is 14.2 Å². The molecule has 1 aromatic heterocycles. The van der Waals surface area contributed by atoms with Crippen LogP contribution in [0.1, 0.15) is 19.3 Å². The first-order valence-electron chi connectivity index (χ1n) is 11.6. The molecule has 1 aliphatic rings. The average molecular weight is 460 g/mol. The van der Waals surface area contributed by atoms with Gasteiger partial charge in [-0.3, -0.25) is 4.90 Å². The van der Waals surface area contributed by atoms with E-state index in [1.165, 1.54) is 47.3 Å². The first kappa shape index (κ1) is 21.8. The number of fused-ring (bicyclic) bond motifs is 1. The molecule has 0 N–H and O–H groups in total. The molecule has 0 radical (unpaired) electrons. The van der Waals surface area contributed by atoms with Gasteiger partial charge in [-0.25, -0.2) is 0 Å². The van der Waals surface area contributed by atoms with E-state index in [9.17, 15) is 0 Å². The number of nitrogens with zero attached hydrogens (tertiary/aromatic N) is 1. The molecule has 1 fully saturated rings. The highest BCUT2D eigenvalue weighted by atomic mass is 32.1. The Hall–Kier alpha value is -3.02. The van der Waals surface area contributed by atoms with Gasteiger partial charge in [0.25, 0.3) is 0 Å². The van der Waals surface area contributed by atoms with Gasteiger partial charge in [0.05, 0.1) is 7.11 Å². The second kappa shape index (κ2) is 10.3. The van der Waals surface area contributed by atoms with Crippen LogP contribution in [0.25, 0.3) is 20.5 Å². The molecule has 170 valence electrons. The molecule has 0 aliphatic carbocycles. The normalized spacial score (nSPS) is 14.3. The lowest BCUT2D eigenvalue weighted by Crippen LogP contribution is -2.33. The van der Waals surface area contributed by atoms with E-state index in [1.807, 2.05) is 36.4 Å². The minimum atomic E-state index is 0.700. The van der Waals surface area contributed by atoms with E-state index in [4.69, 9.17) is 14.2 Å². The summed E-state index contributed by atoms with van der Waals surface area (Å²) >= 11 is 1.78. The Kier molecular flexibility index (Phi) is 6.79. The zero-order chi connectivity index (χ0) is 22.5. The monoisotopic (exact) mass is 459 g/mol. The van der Waals surface area contributed by atoms with Crippen LogP contribution in [-0.2, 0) is 0 Å². The standard InChI is InChI=1S/C28H29NO3S/c1-30-25-14-9-22(28-20-21-7-3-4-8-27(21)33-28)19-26(25)32-24-12-10-23(11-13-24)31-18-17-29-15-5-2-6-16-29/h3-4,7-14,19-20H,2,5-6,15-18H2,1H3. The number of likely N-dealkylation sites (tertiary alicyclic amines) is 1. The molecule has 1 aliphatic heterocycles. The largest absolute Gasteiger partial charge is 0.493 e. The highest BCUT2D eigenvalue weighted by Crippen LogP contribution is 2.39. The fourth-order valence-electron chi connectivity index (χ4n) is 4.24. The SMILES string of the molecule is COc1ccc(-c2cc3ccccc3s2)cc1Oc1ccc(OCCN2CCCCC2)cc1. The number of hydrogen-bond donors (Lipinski definition) is 0. The summed E-state index contributed by atoms with van der Waals surface area (Å²) in [6.45, 7) is 4.09. The lowest BCUT2D eigenvalue weighted by atomic mass is 10.1. The predicted molar refractivity (Wildman–Crippen MR) is 136 cm³/mol. The third kappa shape index (κ3) is 5.32. The molecule has 0 saturated carbocycles. The maximum Gasteiger partial charge on any atom is 0.169 e. The zero-order valence-corrected chi connectivity index (χ0v) is 19.8. The van der Waals surface area contributed by atoms with Crippen LogP contribution in [0.4, 0.5) is 0 Å². The van der Waals surface area contributed by atoms with E-state index >= 15 is 0 Å². The molecule has 5 heteroatoms. The lowest BCUT2D eigenvalue weighted by Gasteiger charge is -2.26. The van der Waals surface area contributed by atoms with Crippen LogP contribution in [-0.4, -0.2) is 38.3 Å². The van der Waals surface area contributed by atoms with Gasteiger partial charge in [-0.05, 0) is 91.5 Å². The van der Waals surface area contributed by atoms with E-state index in [0.29, 0.717) is 18.1 Å². The van der Waals surface area contributed by atoms with E-state index in [1.54, 1.807) is 18.4 Å². The molecule has 0 amide bonds. The van der Waals surface area contributed by atoms with Crippen LogP contribution in [0.5, 0.6) is 23.0 Å². The summed E-state index contributed by atoms with van der Waals surface area (Å²) in [5.74, 6) is 3.03. The highest BCUT2D eigenvalue weighted by Gasteiger charge is 2.12. The van der Waals surface area contributed by atoms with Crippen LogP contribution in [0, 0.1) is 0 Å². The molecule has 1 saturated heterocycles. The lowest BCUT2D eigenvalue weighted by molar-refractivity contribution is 0.183. The summed E-state index contributed by atoms with van der Waals surface area (Å²) in [5.41, 5.74) is 1.12. The van der Waals surface area contributed by atoms with Crippen molar-refractivity contribution in [3.8, 4) is 33.4 Å². The minimum absolute atomic E-state index is 0.700. The molecular formula is C28H29NO3S. The first-order chi connectivity index (χ1) is 16.3. The maximum absolute atomic E-state index is 6.21. The Balaban J connectivity index is 1.26. The summed E-state index contributed by atoms with van der Waals surface area (Å²) in [5, 5.41) is 1.26. The minimum Gasteiger partial charge on any atom is -0.493 e. The third-order valence-corrected chi connectivity index (χ3v) is 7.22. The van der Waals surface area contributed by atoms with Crippen molar-refractivity contribution in [1.29, 1.82) is 0 Å². The number of ether oxygens (including phenoxy) is 3. The Morgan fingerprint density at radius 2 is 1.61 bits per heavy atom.